The van der Waals surface area contributed by atoms with Crippen LogP contribution in [-0.2, 0) is 20.7 Å². The van der Waals surface area contributed by atoms with Crippen LogP contribution < -0.4 is 14.2 Å². The summed E-state index contributed by atoms with van der Waals surface area (Å²) in [4.78, 5) is 27.6. The Kier molecular flexibility index (Phi) is 6.29. The number of benzene rings is 2. The lowest BCUT2D eigenvalue weighted by molar-refractivity contribution is -0.140. The minimum absolute atomic E-state index is 0.00503. The van der Waals surface area contributed by atoms with Crippen LogP contribution in [-0.4, -0.2) is 62.3 Å². The molecule has 0 aromatic heterocycles. The Hall–Kier alpha value is -3.52. The summed E-state index contributed by atoms with van der Waals surface area (Å²) in [6.07, 6.45) is 0.740. The van der Waals surface area contributed by atoms with E-state index in [4.69, 9.17) is 18.9 Å². The molecule has 33 heavy (non-hydrogen) atoms. The molecule has 0 spiro atoms. The summed E-state index contributed by atoms with van der Waals surface area (Å²) in [5.41, 5.74) is 1.92. The zero-order chi connectivity index (χ0) is 23.7. The molecule has 2 aromatic rings. The van der Waals surface area contributed by atoms with Crippen LogP contribution >= 0.6 is 0 Å². The first-order chi connectivity index (χ1) is 15.9. The monoisotopic (exact) mass is 453 g/mol. The third-order valence-electron chi connectivity index (χ3n) is 5.97. The van der Waals surface area contributed by atoms with Gasteiger partial charge in [-0.15, -0.1) is 0 Å². The highest BCUT2D eigenvalue weighted by atomic mass is 16.5. The van der Waals surface area contributed by atoms with Gasteiger partial charge >= 0.3 is 0 Å². The zero-order valence-electron chi connectivity index (χ0n) is 19.1. The highest BCUT2D eigenvalue weighted by Crippen LogP contribution is 2.45. The van der Waals surface area contributed by atoms with E-state index in [9.17, 15) is 14.7 Å². The van der Waals surface area contributed by atoms with E-state index in [0.29, 0.717) is 29.0 Å². The van der Waals surface area contributed by atoms with Crippen molar-refractivity contribution in [3.8, 4) is 17.2 Å². The second-order valence-corrected chi connectivity index (χ2v) is 8.02. The Morgan fingerprint density at radius 1 is 1.15 bits per heavy atom. The lowest BCUT2D eigenvalue weighted by atomic mass is 9.93. The van der Waals surface area contributed by atoms with E-state index >= 15 is 0 Å². The molecule has 0 radical (unpaired) electrons. The molecule has 2 atom stereocenters. The average Bonchev–Trinajstić information content (AvgIpc) is 3.31. The maximum Gasteiger partial charge on any atom is 0.295 e. The van der Waals surface area contributed by atoms with E-state index in [-0.39, 0.29) is 30.6 Å². The molecule has 1 N–H and O–H groups in total. The van der Waals surface area contributed by atoms with Gasteiger partial charge in [0, 0.05) is 31.2 Å². The number of hydrogen-bond acceptors (Lipinski definition) is 7. The summed E-state index contributed by atoms with van der Waals surface area (Å²) >= 11 is 0. The Bertz CT molecular complexity index is 1120. The highest BCUT2D eigenvalue weighted by Gasteiger charge is 2.47. The molecule has 174 valence electrons. The van der Waals surface area contributed by atoms with Gasteiger partial charge in [-0.1, -0.05) is 12.1 Å². The SMILES string of the molecule is COCCN1C(=O)C(=O)/C(=C(/O)c2ccc3c(c2)CC(C)O3)C1c1cccc(OC)c1OC. The number of carbonyl (C=O) groups is 2. The number of para-hydroxylation sites is 1. The molecule has 0 bridgehead atoms. The van der Waals surface area contributed by atoms with Crippen LogP contribution in [0.2, 0.25) is 0 Å². The van der Waals surface area contributed by atoms with Crippen LogP contribution in [0.3, 0.4) is 0 Å². The van der Waals surface area contributed by atoms with Gasteiger partial charge in [0.05, 0.1) is 32.4 Å². The summed E-state index contributed by atoms with van der Waals surface area (Å²) in [5, 5.41) is 11.3. The van der Waals surface area contributed by atoms with Crippen LogP contribution in [0.5, 0.6) is 17.2 Å². The summed E-state index contributed by atoms with van der Waals surface area (Å²) in [6.45, 7) is 2.36. The lowest BCUT2D eigenvalue weighted by Gasteiger charge is -2.27. The fraction of sp³-hybridized carbons (Fsp3) is 0.360. The molecule has 4 rings (SSSR count). The number of nitrogens with zero attached hydrogens (tertiary/aromatic N) is 1. The van der Waals surface area contributed by atoms with Crippen molar-refractivity contribution in [2.24, 2.45) is 0 Å². The van der Waals surface area contributed by atoms with Crippen molar-refractivity contribution in [1.82, 2.24) is 4.90 Å². The predicted octanol–water partition coefficient (Wildman–Crippen LogP) is 3.10. The van der Waals surface area contributed by atoms with Crippen molar-refractivity contribution in [2.75, 3.05) is 34.5 Å². The number of Topliss-reactive ketones (excluding diaryl/α,β-unsaturated/α-hetero) is 1. The van der Waals surface area contributed by atoms with Gasteiger partial charge in [-0.3, -0.25) is 9.59 Å². The fourth-order valence-electron chi connectivity index (χ4n) is 4.48. The summed E-state index contributed by atoms with van der Waals surface area (Å²) < 4.78 is 21.9. The van der Waals surface area contributed by atoms with E-state index in [1.807, 2.05) is 6.92 Å². The number of ketones is 1. The number of amides is 1. The van der Waals surface area contributed by atoms with Gasteiger partial charge < -0.3 is 29.0 Å². The minimum Gasteiger partial charge on any atom is -0.507 e. The number of aliphatic hydroxyl groups excluding tert-OH is 1. The summed E-state index contributed by atoms with van der Waals surface area (Å²) in [6, 6.07) is 9.63. The van der Waals surface area contributed by atoms with E-state index in [1.165, 1.54) is 26.2 Å². The van der Waals surface area contributed by atoms with Crippen LogP contribution in [0.1, 0.15) is 29.7 Å². The first-order valence-corrected chi connectivity index (χ1v) is 10.7. The van der Waals surface area contributed by atoms with Gasteiger partial charge in [-0.25, -0.2) is 0 Å². The predicted molar refractivity (Wildman–Crippen MR) is 121 cm³/mol. The van der Waals surface area contributed by atoms with Crippen molar-refractivity contribution in [3.05, 3.63) is 58.7 Å². The smallest absolute Gasteiger partial charge is 0.295 e. The van der Waals surface area contributed by atoms with Crippen LogP contribution in [0, 0.1) is 0 Å². The van der Waals surface area contributed by atoms with Crippen molar-refractivity contribution in [2.45, 2.75) is 25.5 Å². The molecule has 2 heterocycles. The first-order valence-electron chi connectivity index (χ1n) is 10.7. The van der Waals surface area contributed by atoms with Gasteiger partial charge in [0.1, 0.15) is 17.6 Å². The van der Waals surface area contributed by atoms with E-state index in [1.54, 1.807) is 36.4 Å². The van der Waals surface area contributed by atoms with E-state index in [0.717, 1.165) is 11.3 Å². The van der Waals surface area contributed by atoms with Crippen LogP contribution in [0.25, 0.3) is 5.76 Å². The number of ether oxygens (including phenoxy) is 4. The van der Waals surface area contributed by atoms with Crippen LogP contribution in [0.4, 0.5) is 0 Å². The molecule has 2 unspecified atom stereocenters. The zero-order valence-corrected chi connectivity index (χ0v) is 19.1. The number of carbonyl (C=O) groups excluding carboxylic acids is 2. The highest BCUT2D eigenvalue weighted by molar-refractivity contribution is 6.46. The van der Waals surface area contributed by atoms with Crippen molar-refractivity contribution in [1.29, 1.82) is 0 Å². The second kappa shape index (κ2) is 9.15. The Morgan fingerprint density at radius 3 is 2.64 bits per heavy atom. The average molecular weight is 453 g/mol. The number of rotatable bonds is 7. The van der Waals surface area contributed by atoms with Gasteiger partial charge in [0.2, 0.25) is 0 Å². The van der Waals surface area contributed by atoms with E-state index in [2.05, 4.69) is 0 Å². The molecule has 2 aliphatic rings. The number of methoxy groups -OCH3 is 3. The summed E-state index contributed by atoms with van der Waals surface area (Å²) in [5.74, 6) is -0.117. The van der Waals surface area contributed by atoms with Crippen LogP contribution in [0.15, 0.2) is 42.0 Å². The van der Waals surface area contributed by atoms with Gasteiger partial charge in [0.25, 0.3) is 11.7 Å². The molecule has 1 fully saturated rings. The topological polar surface area (TPSA) is 94.5 Å². The Balaban J connectivity index is 1.89. The standard InChI is InChI=1S/C25H27NO7/c1-14-12-16-13-15(8-9-18(16)33-14)22(27)20-21(26(10-11-30-2)25(29)23(20)28)17-6-5-7-19(31-3)24(17)32-4/h5-9,13-14,21,27H,10-12H2,1-4H3/b22-20+. The maximum absolute atomic E-state index is 13.2. The van der Waals surface area contributed by atoms with Crippen molar-refractivity contribution in [3.63, 3.8) is 0 Å². The Labute approximate surface area is 192 Å². The molecule has 0 saturated carbocycles. The van der Waals surface area contributed by atoms with Crippen molar-refractivity contribution < 1.29 is 33.6 Å². The molecular weight excluding hydrogens is 426 g/mol. The third kappa shape index (κ3) is 3.91. The molecule has 8 heteroatoms. The minimum atomic E-state index is -0.867. The molecule has 2 aromatic carbocycles. The third-order valence-corrected chi connectivity index (χ3v) is 5.97. The molecule has 0 aliphatic carbocycles. The quantitative estimate of drug-likeness (QED) is 0.391. The first kappa shape index (κ1) is 22.7. The fourth-order valence-corrected chi connectivity index (χ4v) is 4.48. The lowest BCUT2D eigenvalue weighted by Crippen LogP contribution is -2.32. The van der Waals surface area contributed by atoms with Crippen molar-refractivity contribution >= 4 is 17.4 Å². The molecule has 2 aliphatic heterocycles. The molecule has 1 saturated heterocycles. The van der Waals surface area contributed by atoms with Gasteiger partial charge in [-0.05, 0) is 36.8 Å². The van der Waals surface area contributed by atoms with Gasteiger partial charge in [-0.2, -0.15) is 0 Å². The second-order valence-electron chi connectivity index (χ2n) is 8.02. The largest absolute Gasteiger partial charge is 0.507 e. The molecular formula is C25H27NO7. The Morgan fingerprint density at radius 2 is 1.94 bits per heavy atom. The summed E-state index contributed by atoms with van der Waals surface area (Å²) in [7, 11) is 4.52. The number of hydrogen-bond donors (Lipinski definition) is 1. The number of likely N-dealkylation sites (tertiary alicyclic amines) is 1. The maximum atomic E-state index is 13.2. The number of aliphatic hydroxyl groups is 1. The normalized spacial score (nSPS) is 21.2. The number of fused-ring (bicyclic) bond motifs is 1. The molecule has 8 nitrogen and oxygen atoms in total. The molecule has 1 amide bonds. The van der Waals surface area contributed by atoms with E-state index < -0.39 is 17.7 Å². The van der Waals surface area contributed by atoms with Gasteiger partial charge in [0.15, 0.2) is 11.5 Å².